The number of non-ortho nitro benzene ring substituents is 1. The van der Waals surface area contributed by atoms with E-state index in [4.69, 9.17) is 0 Å². The van der Waals surface area contributed by atoms with E-state index in [1.165, 1.54) is 23.9 Å². The monoisotopic (exact) mass is 583 g/mol. The number of benzene rings is 3. The van der Waals surface area contributed by atoms with Crippen molar-refractivity contribution < 1.29 is 14.5 Å². The van der Waals surface area contributed by atoms with Crippen LogP contribution in [0.25, 0.3) is 0 Å². The summed E-state index contributed by atoms with van der Waals surface area (Å²) in [6.07, 6.45) is 0.395. The Morgan fingerprint density at radius 3 is 2.27 bits per heavy atom. The number of thioether (sulfide) groups is 1. The molecule has 0 fully saturated rings. The number of hydrogen-bond acceptors (Lipinski definition) is 5. The number of carbonyl (C=O) groups is 2. The van der Waals surface area contributed by atoms with Gasteiger partial charge in [-0.3, -0.25) is 19.7 Å². The number of rotatable bonds is 12. The van der Waals surface area contributed by atoms with Crippen molar-refractivity contribution in [1.82, 2.24) is 10.2 Å². The average molecular weight is 585 g/mol. The summed E-state index contributed by atoms with van der Waals surface area (Å²) in [5.74, 6) is 0.357. The summed E-state index contributed by atoms with van der Waals surface area (Å²) >= 11 is 4.91. The van der Waals surface area contributed by atoms with Crippen LogP contribution in [0, 0.1) is 10.1 Å². The molecule has 0 aliphatic rings. The van der Waals surface area contributed by atoms with Gasteiger partial charge in [-0.2, -0.15) is 0 Å². The van der Waals surface area contributed by atoms with E-state index in [1.54, 1.807) is 17.0 Å². The minimum atomic E-state index is -0.684. The molecule has 0 aromatic heterocycles. The fourth-order valence-corrected chi connectivity index (χ4v) is 5.14. The smallest absolute Gasteiger partial charge is 0.269 e. The Hall–Kier alpha value is -3.17. The van der Waals surface area contributed by atoms with Crippen molar-refractivity contribution in [1.29, 1.82) is 0 Å². The Bertz CT molecular complexity index is 1210. The van der Waals surface area contributed by atoms with Crippen LogP contribution in [0.5, 0.6) is 0 Å². The number of nitrogens with zero attached hydrogens (tertiary/aromatic N) is 2. The fourth-order valence-electron chi connectivity index (χ4n) is 3.82. The molecule has 0 bridgehead atoms. The van der Waals surface area contributed by atoms with E-state index in [2.05, 4.69) is 21.2 Å². The summed E-state index contributed by atoms with van der Waals surface area (Å²) in [6.45, 7) is 4.09. The summed E-state index contributed by atoms with van der Waals surface area (Å²) in [5.41, 5.74) is 2.81. The Kier molecular flexibility index (Phi) is 10.7. The Morgan fingerprint density at radius 2 is 1.65 bits per heavy atom. The maximum absolute atomic E-state index is 13.6. The lowest BCUT2D eigenvalue weighted by molar-refractivity contribution is -0.384. The number of hydrogen-bond donors (Lipinski definition) is 1. The standard InChI is InChI=1S/C28H30BrN3O4S/c1-20(2)30-28(34)26(16-21-7-4-3-5-8-21)31(17-23-9-6-10-24(29)15-23)27(33)19-37-18-22-11-13-25(14-12-22)32(35)36/h3-15,20,26H,16-19H2,1-2H3,(H,30,34). The van der Waals surface area contributed by atoms with Crippen LogP contribution < -0.4 is 5.32 Å². The molecule has 0 aliphatic heterocycles. The van der Waals surface area contributed by atoms with Gasteiger partial charge in [-0.15, -0.1) is 11.8 Å². The van der Waals surface area contributed by atoms with Crippen molar-refractivity contribution in [3.63, 3.8) is 0 Å². The highest BCUT2D eigenvalue weighted by molar-refractivity contribution is 9.10. The zero-order valence-corrected chi connectivity index (χ0v) is 23.2. The zero-order valence-electron chi connectivity index (χ0n) is 20.8. The van der Waals surface area contributed by atoms with Crippen molar-refractivity contribution in [3.05, 3.63) is 110 Å². The maximum Gasteiger partial charge on any atom is 0.269 e. The predicted octanol–water partition coefficient (Wildman–Crippen LogP) is 5.76. The molecule has 0 radical (unpaired) electrons. The van der Waals surface area contributed by atoms with Gasteiger partial charge in [-0.05, 0) is 42.7 Å². The Morgan fingerprint density at radius 1 is 0.973 bits per heavy atom. The van der Waals surface area contributed by atoms with E-state index in [-0.39, 0.29) is 29.3 Å². The molecule has 2 amide bonds. The quantitative estimate of drug-likeness (QED) is 0.216. The predicted molar refractivity (Wildman–Crippen MR) is 151 cm³/mol. The molecule has 1 unspecified atom stereocenters. The molecular weight excluding hydrogens is 554 g/mol. The SMILES string of the molecule is CC(C)NC(=O)C(Cc1ccccc1)N(Cc1cccc(Br)c1)C(=O)CSCc1ccc([N+](=O)[O-])cc1. The number of nitrogens with one attached hydrogen (secondary N) is 1. The van der Waals surface area contributed by atoms with E-state index >= 15 is 0 Å². The molecule has 3 rings (SSSR count). The lowest BCUT2D eigenvalue weighted by atomic mass is 10.0. The second-order valence-electron chi connectivity index (χ2n) is 8.94. The largest absolute Gasteiger partial charge is 0.352 e. The Balaban J connectivity index is 1.82. The van der Waals surface area contributed by atoms with Gasteiger partial charge in [0, 0.05) is 41.4 Å². The summed E-state index contributed by atoms with van der Waals surface area (Å²) in [5, 5.41) is 13.9. The van der Waals surface area contributed by atoms with Gasteiger partial charge in [-0.25, -0.2) is 0 Å². The van der Waals surface area contributed by atoms with Gasteiger partial charge in [0.15, 0.2) is 0 Å². The fraction of sp³-hybridized carbons (Fsp3) is 0.286. The lowest BCUT2D eigenvalue weighted by Crippen LogP contribution is -2.52. The van der Waals surface area contributed by atoms with Crippen molar-refractivity contribution in [2.24, 2.45) is 0 Å². The van der Waals surface area contributed by atoms with Gasteiger partial charge in [0.05, 0.1) is 10.7 Å². The lowest BCUT2D eigenvalue weighted by Gasteiger charge is -2.32. The van der Waals surface area contributed by atoms with E-state index < -0.39 is 11.0 Å². The summed E-state index contributed by atoms with van der Waals surface area (Å²) < 4.78 is 0.899. The van der Waals surface area contributed by atoms with Crippen LogP contribution in [0.15, 0.2) is 83.3 Å². The first kappa shape index (κ1) is 28.4. The third kappa shape index (κ3) is 9.02. The summed E-state index contributed by atoms with van der Waals surface area (Å²) in [7, 11) is 0. The van der Waals surface area contributed by atoms with Gasteiger partial charge < -0.3 is 10.2 Å². The highest BCUT2D eigenvalue weighted by Gasteiger charge is 2.30. The maximum atomic E-state index is 13.6. The molecule has 3 aromatic carbocycles. The minimum absolute atomic E-state index is 0.0324. The van der Waals surface area contributed by atoms with Crippen LogP contribution in [0.3, 0.4) is 0 Å². The summed E-state index contributed by atoms with van der Waals surface area (Å²) in [4.78, 5) is 39.1. The first-order valence-corrected chi connectivity index (χ1v) is 13.9. The van der Waals surface area contributed by atoms with Crippen LogP contribution in [0.1, 0.15) is 30.5 Å². The van der Waals surface area contributed by atoms with Gasteiger partial charge in [0.1, 0.15) is 6.04 Å². The topological polar surface area (TPSA) is 92.6 Å². The van der Waals surface area contributed by atoms with Crippen LogP contribution in [-0.2, 0) is 28.3 Å². The first-order valence-electron chi connectivity index (χ1n) is 11.9. The van der Waals surface area contributed by atoms with Crippen LogP contribution in [-0.4, -0.2) is 39.5 Å². The number of amides is 2. The molecule has 0 saturated carbocycles. The normalized spacial score (nSPS) is 11.7. The Labute approximate surface area is 229 Å². The van der Waals surface area contributed by atoms with Crippen LogP contribution >= 0.6 is 27.7 Å². The number of nitro benzene ring substituents is 1. The molecule has 0 saturated heterocycles. The number of halogens is 1. The van der Waals surface area contributed by atoms with E-state index in [9.17, 15) is 19.7 Å². The minimum Gasteiger partial charge on any atom is -0.352 e. The van der Waals surface area contributed by atoms with Crippen molar-refractivity contribution in [3.8, 4) is 0 Å². The molecule has 3 aromatic rings. The third-order valence-electron chi connectivity index (χ3n) is 5.59. The highest BCUT2D eigenvalue weighted by Crippen LogP contribution is 2.21. The second kappa shape index (κ2) is 13.9. The highest BCUT2D eigenvalue weighted by atomic mass is 79.9. The molecule has 0 aliphatic carbocycles. The first-order chi connectivity index (χ1) is 17.7. The zero-order chi connectivity index (χ0) is 26.8. The van der Waals surface area contributed by atoms with Gasteiger partial charge in [0.25, 0.3) is 5.69 Å². The van der Waals surface area contributed by atoms with Gasteiger partial charge in [-0.1, -0.05) is 70.5 Å². The molecule has 9 heteroatoms. The molecular formula is C28H30BrN3O4S. The average Bonchev–Trinajstić information content (AvgIpc) is 2.86. The van der Waals surface area contributed by atoms with E-state index in [0.717, 1.165) is 21.2 Å². The van der Waals surface area contributed by atoms with Crippen LogP contribution in [0.4, 0.5) is 5.69 Å². The molecule has 1 N–H and O–H groups in total. The van der Waals surface area contributed by atoms with E-state index in [1.807, 2.05) is 68.4 Å². The van der Waals surface area contributed by atoms with Crippen molar-refractivity contribution in [2.45, 2.75) is 44.6 Å². The summed E-state index contributed by atoms with van der Waals surface area (Å²) in [6, 6.07) is 23.0. The molecule has 0 spiro atoms. The van der Waals surface area contributed by atoms with Gasteiger partial charge in [0.2, 0.25) is 11.8 Å². The molecule has 194 valence electrons. The van der Waals surface area contributed by atoms with E-state index in [0.29, 0.717) is 18.7 Å². The van der Waals surface area contributed by atoms with Crippen LogP contribution in [0.2, 0.25) is 0 Å². The third-order valence-corrected chi connectivity index (χ3v) is 7.07. The molecule has 7 nitrogen and oxygen atoms in total. The van der Waals surface area contributed by atoms with Crippen molar-refractivity contribution >= 4 is 45.2 Å². The number of carbonyl (C=O) groups excluding carboxylic acids is 2. The van der Waals surface area contributed by atoms with Crippen molar-refractivity contribution in [2.75, 3.05) is 5.75 Å². The van der Waals surface area contributed by atoms with Gasteiger partial charge >= 0.3 is 0 Å². The number of nitro groups is 1. The molecule has 0 heterocycles. The molecule has 37 heavy (non-hydrogen) atoms. The second-order valence-corrected chi connectivity index (χ2v) is 10.8. The molecule has 1 atom stereocenters.